The molecule has 4 N–H and O–H groups in total. The highest BCUT2D eigenvalue weighted by Crippen LogP contribution is 2.31. The highest BCUT2D eigenvalue weighted by atomic mass is 16.3. The van der Waals surface area contributed by atoms with Crippen molar-refractivity contribution in [3.63, 3.8) is 0 Å². The standard InChI is InChI=1S/C17H20N6O2/c1-9-13-6-14(10-7-19-20-8-10)16(25)23(15(13)22-17(18)21-9)11-2-4-12(24)5-3-11/h6-8,11-12,24H,2-5H2,1H3,(H,19,20)(H2,18,21,22)/t11-,12-. The zero-order valence-corrected chi connectivity index (χ0v) is 13.9. The number of rotatable bonds is 2. The lowest BCUT2D eigenvalue weighted by Gasteiger charge is -2.28. The van der Waals surface area contributed by atoms with E-state index in [2.05, 4.69) is 20.2 Å². The number of aryl methyl sites for hydroxylation is 1. The van der Waals surface area contributed by atoms with Crippen LogP contribution in [0.3, 0.4) is 0 Å². The predicted molar refractivity (Wildman–Crippen MR) is 94.0 cm³/mol. The summed E-state index contributed by atoms with van der Waals surface area (Å²) in [5.41, 5.74) is 8.30. The molecule has 1 aliphatic carbocycles. The molecular weight excluding hydrogens is 320 g/mol. The van der Waals surface area contributed by atoms with Crippen LogP contribution in [0.4, 0.5) is 5.95 Å². The lowest BCUT2D eigenvalue weighted by atomic mass is 9.92. The molecular formula is C17H20N6O2. The number of aliphatic hydroxyl groups excluding tert-OH is 1. The van der Waals surface area contributed by atoms with Crippen molar-refractivity contribution >= 4 is 17.0 Å². The van der Waals surface area contributed by atoms with Gasteiger partial charge < -0.3 is 10.8 Å². The van der Waals surface area contributed by atoms with Gasteiger partial charge in [-0.05, 0) is 38.7 Å². The van der Waals surface area contributed by atoms with E-state index in [9.17, 15) is 9.90 Å². The van der Waals surface area contributed by atoms with Crippen LogP contribution in [0.25, 0.3) is 22.2 Å². The first-order valence-electron chi connectivity index (χ1n) is 8.41. The van der Waals surface area contributed by atoms with Crippen LogP contribution in [0.1, 0.15) is 37.4 Å². The number of hydrogen-bond acceptors (Lipinski definition) is 6. The molecule has 0 aliphatic heterocycles. The molecule has 3 heterocycles. The quantitative estimate of drug-likeness (QED) is 0.650. The van der Waals surface area contributed by atoms with Gasteiger partial charge in [0.2, 0.25) is 5.95 Å². The topological polar surface area (TPSA) is 123 Å². The number of nitrogens with zero attached hydrogens (tertiary/aromatic N) is 4. The second-order valence-corrected chi connectivity index (χ2v) is 6.59. The van der Waals surface area contributed by atoms with Crippen LogP contribution in [0.2, 0.25) is 0 Å². The zero-order valence-electron chi connectivity index (χ0n) is 13.9. The molecule has 8 nitrogen and oxygen atoms in total. The van der Waals surface area contributed by atoms with Crippen molar-refractivity contribution in [3.05, 3.63) is 34.5 Å². The maximum absolute atomic E-state index is 13.2. The van der Waals surface area contributed by atoms with Crippen molar-refractivity contribution in [2.24, 2.45) is 0 Å². The average Bonchev–Trinajstić information content (AvgIpc) is 3.10. The Bertz CT molecular complexity index is 971. The Kier molecular flexibility index (Phi) is 3.76. The van der Waals surface area contributed by atoms with Crippen molar-refractivity contribution in [2.45, 2.75) is 44.8 Å². The van der Waals surface area contributed by atoms with E-state index < -0.39 is 0 Å². The Morgan fingerprint density at radius 1 is 1.28 bits per heavy atom. The van der Waals surface area contributed by atoms with Crippen LogP contribution in [-0.4, -0.2) is 35.9 Å². The fourth-order valence-electron chi connectivity index (χ4n) is 3.63. The van der Waals surface area contributed by atoms with Crippen LogP contribution in [0.15, 0.2) is 23.3 Å². The first kappa shape index (κ1) is 15.8. The fraction of sp³-hybridized carbons (Fsp3) is 0.412. The number of anilines is 1. The van der Waals surface area contributed by atoms with Gasteiger partial charge in [-0.25, -0.2) is 4.98 Å². The molecule has 1 aliphatic rings. The Labute approximate surface area is 143 Å². The minimum absolute atomic E-state index is 0.0149. The molecule has 130 valence electrons. The number of hydrogen-bond donors (Lipinski definition) is 3. The molecule has 0 saturated heterocycles. The van der Waals surface area contributed by atoms with Gasteiger partial charge in [-0.1, -0.05) is 0 Å². The Hall–Kier alpha value is -2.74. The summed E-state index contributed by atoms with van der Waals surface area (Å²) < 4.78 is 1.73. The first-order chi connectivity index (χ1) is 12.0. The molecule has 4 rings (SSSR count). The van der Waals surface area contributed by atoms with Crippen LogP contribution in [-0.2, 0) is 0 Å². The monoisotopic (exact) mass is 340 g/mol. The van der Waals surface area contributed by atoms with Gasteiger partial charge in [0, 0.05) is 23.2 Å². The Morgan fingerprint density at radius 2 is 2.04 bits per heavy atom. The average molecular weight is 340 g/mol. The molecule has 0 atom stereocenters. The van der Waals surface area contributed by atoms with Gasteiger partial charge in [0.05, 0.1) is 23.6 Å². The molecule has 0 aromatic carbocycles. The van der Waals surface area contributed by atoms with Crippen molar-refractivity contribution in [1.82, 2.24) is 24.7 Å². The molecule has 0 spiro atoms. The number of aliphatic hydroxyl groups is 1. The number of pyridine rings is 1. The van der Waals surface area contributed by atoms with Crippen molar-refractivity contribution < 1.29 is 5.11 Å². The van der Waals surface area contributed by atoms with Crippen LogP contribution < -0.4 is 11.3 Å². The minimum Gasteiger partial charge on any atom is -0.393 e. The van der Waals surface area contributed by atoms with E-state index in [0.717, 1.165) is 29.5 Å². The van der Waals surface area contributed by atoms with Gasteiger partial charge >= 0.3 is 0 Å². The molecule has 3 aromatic heterocycles. The normalized spacial score (nSPS) is 20.9. The van der Waals surface area contributed by atoms with Crippen LogP contribution in [0.5, 0.6) is 0 Å². The van der Waals surface area contributed by atoms with Gasteiger partial charge in [0.25, 0.3) is 5.56 Å². The van der Waals surface area contributed by atoms with Gasteiger partial charge in [-0.15, -0.1) is 0 Å². The van der Waals surface area contributed by atoms with E-state index >= 15 is 0 Å². The van der Waals surface area contributed by atoms with E-state index in [1.54, 1.807) is 17.0 Å². The summed E-state index contributed by atoms with van der Waals surface area (Å²) in [6.45, 7) is 1.86. The minimum atomic E-state index is -0.295. The molecule has 0 radical (unpaired) electrons. The third-order valence-corrected chi connectivity index (χ3v) is 4.94. The molecule has 25 heavy (non-hydrogen) atoms. The van der Waals surface area contributed by atoms with E-state index in [1.165, 1.54) is 0 Å². The largest absolute Gasteiger partial charge is 0.393 e. The van der Waals surface area contributed by atoms with Gasteiger partial charge in [-0.3, -0.25) is 14.5 Å². The number of fused-ring (bicyclic) bond motifs is 1. The zero-order chi connectivity index (χ0) is 17.6. The van der Waals surface area contributed by atoms with Gasteiger partial charge in [0.1, 0.15) is 5.65 Å². The van der Waals surface area contributed by atoms with Gasteiger partial charge in [0.15, 0.2) is 0 Å². The molecule has 3 aromatic rings. The SMILES string of the molecule is Cc1nc(N)nc2c1cc(-c1cn[nH]c1)c(=O)n2[C@H]1CC[C@H](O)CC1. The summed E-state index contributed by atoms with van der Waals surface area (Å²) in [7, 11) is 0. The lowest BCUT2D eigenvalue weighted by Crippen LogP contribution is -2.31. The smallest absolute Gasteiger partial charge is 0.260 e. The van der Waals surface area contributed by atoms with Crippen molar-refractivity contribution in [3.8, 4) is 11.1 Å². The van der Waals surface area contributed by atoms with Crippen LogP contribution in [0, 0.1) is 6.92 Å². The van der Waals surface area contributed by atoms with E-state index in [0.29, 0.717) is 24.1 Å². The first-order valence-corrected chi connectivity index (χ1v) is 8.41. The molecule has 0 amide bonds. The van der Waals surface area contributed by atoms with E-state index in [1.807, 2.05) is 13.0 Å². The third-order valence-electron chi connectivity index (χ3n) is 4.94. The maximum Gasteiger partial charge on any atom is 0.260 e. The fourth-order valence-corrected chi connectivity index (χ4v) is 3.63. The lowest BCUT2D eigenvalue weighted by molar-refractivity contribution is 0.111. The number of H-pyrrole nitrogens is 1. The third kappa shape index (κ3) is 2.68. The number of nitrogens with two attached hydrogens (primary N) is 1. The predicted octanol–water partition coefficient (Wildman–Crippen LogP) is 1.55. The number of nitrogens with one attached hydrogen (secondary N) is 1. The summed E-state index contributed by atoms with van der Waals surface area (Å²) in [6.07, 6.45) is 5.84. The Morgan fingerprint density at radius 3 is 2.72 bits per heavy atom. The Balaban J connectivity index is 2.01. The summed E-state index contributed by atoms with van der Waals surface area (Å²) in [5, 5.41) is 17.3. The number of aromatic amines is 1. The number of aromatic nitrogens is 5. The van der Waals surface area contributed by atoms with Crippen molar-refractivity contribution in [1.29, 1.82) is 0 Å². The molecule has 1 fully saturated rings. The van der Waals surface area contributed by atoms with Gasteiger partial charge in [-0.2, -0.15) is 10.1 Å². The van der Waals surface area contributed by atoms with Crippen molar-refractivity contribution in [2.75, 3.05) is 5.73 Å². The van der Waals surface area contributed by atoms with Crippen LogP contribution >= 0.6 is 0 Å². The summed E-state index contributed by atoms with van der Waals surface area (Å²) in [6, 6.07) is 1.80. The number of nitrogen functional groups attached to an aromatic ring is 1. The molecule has 0 unspecified atom stereocenters. The summed E-state index contributed by atoms with van der Waals surface area (Å²) >= 11 is 0. The highest BCUT2D eigenvalue weighted by Gasteiger charge is 2.25. The molecule has 1 saturated carbocycles. The second-order valence-electron chi connectivity index (χ2n) is 6.59. The maximum atomic E-state index is 13.2. The highest BCUT2D eigenvalue weighted by molar-refractivity contribution is 5.83. The second kappa shape index (κ2) is 5.96. The summed E-state index contributed by atoms with van der Waals surface area (Å²) in [4.78, 5) is 21.8. The molecule has 8 heteroatoms. The van der Waals surface area contributed by atoms with E-state index in [4.69, 9.17) is 5.73 Å². The molecule has 0 bridgehead atoms. The van der Waals surface area contributed by atoms with E-state index in [-0.39, 0.29) is 23.7 Å². The summed E-state index contributed by atoms with van der Waals surface area (Å²) in [5.74, 6) is 0.157.